The van der Waals surface area contributed by atoms with Crippen molar-refractivity contribution in [2.24, 2.45) is 5.73 Å². The van der Waals surface area contributed by atoms with E-state index in [1.54, 1.807) is 24.3 Å². The Kier molecular flexibility index (Phi) is 3.81. The third-order valence-corrected chi connectivity index (χ3v) is 2.74. The number of aromatic carboxylic acids is 1. The van der Waals surface area contributed by atoms with Crippen molar-refractivity contribution in [3.8, 4) is 11.3 Å². The van der Waals surface area contributed by atoms with Gasteiger partial charge in [0, 0.05) is 11.6 Å². The highest BCUT2D eigenvalue weighted by molar-refractivity contribution is 5.86. The third-order valence-electron chi connectivity index (χ3n) is 2.74. The number of carboxylic acid groups (broad SMARTS) is 2. The molecule has 104 valence electrons. The van der Waals surface area contributed by atoms with Crippen LogP contribution in [0.4, 0.5) is 0 Å². The SMILES string of the molecule is N[C@@H](Cc1ccc(-c2cc(C(=O)O)no2)cc1)C(=O)O. The highest BCUT2D eigenvalue weighted by Crippen LogP contribution is 2.21. The maximum Gasteiger partial charge on any atom is 0.358 e. The van der Waals surface area contributed by atoms with Crippen LogP contribution in [0.3, 0.4) is 0 Å². The van der Waals surface area contributed by atoms with Gasteiger partial charge in [0.05, 0.1) is 0 Å². The molecular weight excluding hydrogens is 264 g/mol. The van der Waals surface area contributed by atoms with Crippen molar-refractivity contribution in [2.45, 2.75) is 12.5 Å². The Morgan fingerprint density at radius 1 is 1.25 bits per heavy atom. The lowest BCUT2D eigenvalue weighted by molar-refractivity contribution is -0.138. The van der Waals surface area contributed by atoms with Gasteiger partial charge in [-0.15, -0.1) is 0 Å². The number of hydrogen-bond donors (Lipinski definition) is 3. The molecule has 0 saturated heterocycles. The number of carboxylic acids is 2. The second kappa shape index (κ2) is 5.54. The third kappa shape index (κ3) is 3.01. The standard InChI is InChI=1S/C13H12N2O5/c14-9(12(16)17)5-7-1-3-8(4-2-7)11-6-10(13(18)19)15-20-11/h1-4,6,9H,5,14H2,(H,16,17)(H,18,19)/t9-/m0/s1. The molecule has 0 unspecified atom stereocenters. The van der Waals surface area contributed by atoms with Gasteiger partial charge in [-0.05, 0) is 12.0 Å². The predicted octanol–water partition coefficient (Wildman–Crippen LogP) is 0.994. The van der Waals surface area contributed by atoms with Crippen LogP contribution in [-0.2, 0) is 11.2 Å². The van der Waals surface area contributed by atoms with E-state index < -0.39 is 18.0 Å². The summed E-state index contributed by atoms with van der Waals surface area (Å²) < 4.78 is 4.92. The molecule has 7 heteroatoms. The minimum atomic E-state index is -1.16. The number of aliphatic carboxylic acids is 1. The van der Waals surface area contributed by atoms with Gasteiger partial charge in [-0.1, -0.05) is 29.4 Å². The van der Waals surface area contributed by atoms with E-state index in [9.17, 15) is 9.59 Å². The van der Waals surface area contributed by atoms with E-state index in [4.69, 9.17) is 20.5 Å². The summed E-state index contributed by atoms with van der Waals surface area (Å²) in [6.45, 7) is 0. The fraction of sp³-hybridized carbons (Fsp3) is 0.154. The molecule has 2 rings (SSSR count). The average Bonchev–Trinajstić information content (AvgIpc) is 2.89. The number of aromatic nitrogens is 1. The number of nitrogens with two attached hydrogens (primary N) is 1. The Hall–Kier alpha value is -2.67. The minimum Gasteiger partial charge on any atom is -0.480 e. The summed E-state index contributed by atoms with van der Waals surface area (Å²) in [6.07, 6.45) is 0.215. The van der Waals surface area contributed by atoms with Crippen LogP contribution < -0.4 is 5.73 Å². The van der Waals surface area contributed by atoms with Crippen molar-refractivity contribution in [1.82, 2.24) is 5.16 Å². The second-order valence-corrected chi connectivity index (χ2v) is 4.23. The molecule has 1 atom stereocenters. The van der Waals surface area contributed by atoms with E-state index in [1.807, 2.05) is 0 Å². The van der Waals surface area contributed by atoms with E-state index in [-0.39, 0.29) is 12.1 Å². The summed E-state index contributed by atoms with van der Waals surface area (Å²) in [7, 11) is 0. The molecular formula is C13H12N2O5. The molecule has 0 spiro atoms. The van der Waals surface area contributed by atoms with Gasteiger partial charge in [-0.3, -0.25) is 4.79 Å². The maximum atomic E-state index is 10.7. The fourth-order valence-electron chi connectivity index (χ4n) is 1.66. The Morgan fingerprint density at radius 3 is 2.40 bits per heavy atom. The summed E-state index contributed by atoms with van der Waals surface area (Å²) in [5.74, 6) is -1.89. The number of hydrogen-bond acceptors (Lipinski definition) is 5. The normalized spacial score (nSPS) is 12.1. The van der Waals surface area contributed by atoms with Crippen LogP contribution in [0.15, 0.2) is 34.9 Å². The zero-order valence-electron chi connectivity index (χ0n) is 10.3. The minimum absolute atomic E-state index is 0.169. The first-order valence-corrected chi connectivity index (χ1v) is 5.75. The van der Waals surface area contributed by atoms with E-state index in [1.165, 1.54) is 6.07 Å². The van der Waals surface area contributed by atoms with Crippen molar-refractivity contribution in [3.63, 3.8) is 0 Å². The van der Waals surface area contributed by atoms with Crippen LogP contribution in [0.1, 0.15) is 16.1 Å². The quantitative estimate of drug-likeness (QED) is 0.743. The molecule has 0 aliphatic rings. The van der Waals surface area contributed by atoms with Crippen molar-refractivity contribution < 1.29 is 24.3 Å². The maximum absolute atomic E-state index is 10.7. The lowest BCUT2D eigenvalue weighted by Gasteiger charge is -2.06. The van der Waals surface area contributed by atoms with E-state index in [0.717, 1.165) is 5.56 Å². The summed E-state index contributed by atoms with van der Waals surface area (Å²) in [6, 6.07) is 7.17. The predicted molar refractivity (Wildman–Crippen MR) is 68.2 cm³/mol. The van der Waals surface area contributed by atoms with Crippen LogP contribution in [0, 0.1) is 0 Å². The Balaban J connectivity index is 2.15. The molecule has 0 radical (unpaired) electrons. The van der Waals surface area contributed by atoms with Crippen molar-refractivity contribution in [1.29, 1.82) is 0 Å². The first-order valence-electron chi connectivity index (χ1n) is 5.75. The van der Waals surface area contributed by atoms with Gasteiger partial charge in [0.1, 0.15) is 6.04 Å². The van der Waals surface area contributed by atoms with Crippen LogP contribution in [0.2, 0.25) is 0 Å². The summed E-state index contributed by atoms with van der Waals surface area (Å²) in [5.41, 5.74) is 6.69. The highest BCUT2D eigenvalue weighted by Gasteiger charge is 2.14. The molecule has 0 aliphatic carbocycles. The van der Waals surface area contributed by atoms with Gasteiger partial charge in [0.2, 0.25) is 0 Å². The number of carbonyl (C=O) groups is 2. The van der Waals surface area contributed by atoms with E-state index in [2.05, 4.69) is 5.16 Å². The topological polar surface area (TPSA) is 127 Å². The van der Waals surface area contributed by atoms with Crippen LogP contribution in [-0.4, -0.2) is 33.4 Å². The molecule has 0 aliphatic heterocycles. The van der Waals surface area contributed by atoms with E-state index in [0.29, 0.717) is 11.3 Å². The molecule has 1 heterocycles. The molecule has 0 bridgehead atoms. The summed E-state index contributed by atoms with van der Waals surface area (Å²) >= 11 is 0. The molecule has 0 saturated carbocycles. The first kappa shape index (κ1) is 13.8. The van der Waals surface area contributed by atoms with Crippen molar-refractivity contribution in [3.05, 3.63) is 41.6 Å². The van der Waals surface area contributed by atoms with Crippen LogP contribution in [0.5, 0.6) is 0 Å². The van der Waals surface area contributed by atoms with Gasteiger partial charge in [-0.2, -0.15) is 0 Å². The molecule has 7 nitrogen and oxygen atoms in total. The molecule has 1 aromatic carbocycles. The van der Waals surface area contributed by atoms with Gasteiger partial charge in [-0.25, -0.2) is 4.79 Å². The summed E-state index contributed by atoms with van der Waals surface area (Å²) in [5, 5.41) is 20.9. The number of benzene rings is 1. The van der Waals surface area contributed by atoms with Crippen LogP contribution >= 0.6 is 0 Å². The van der Waals surface area contributed by atoms with Gasteiger partial charge < -0.3 is 20.5 Å². The van der Waals surface area contributed by atoms with Crippen molar-refractivity contribution in [2.75, 3.05) is 0 Å². The monoisotopic (exact) mass is 276 g/mol. The Bertz CT molecular complexity index is 632. The Labute approximate surface area is 113 Å². The lowest BCUT2D eigenvalue weighted by atomic mass is 10.0. The summed E-state index contributed by atoms with van der Waals surface area (Å²) in [4.78, 5) is 21.3. The highest BCUT2D eigenvalue weighted by atomic mass is 16.5. The van der Waals surface area contributed by atoms with Gasteiger partial charge in [0.15, 0.2) is 11.5 Å². The molecule has 0 amide bonds. The zero-order chi connectivity index (χ0) is 14.7. The smallest absolute Gasteiger partial charge is 0.358 e. The van der Waals surface area contributed by atoms with Gasteiger partial charge in [0.25, 0.3) is 0 Å². The average molecular weight is 276 g/mol. The van der Waals surface area contributed by atoms with Crippen molar-refractivity contribution >= 4 is 11.9 Å². The largest absolute Gasteiger partial charge is 0.480 e. The Morgan fingerprint density at radius 2 is 1.90 bits per heavy atom. The molecule has 2 aromatic rings. The second-order valence-electron chi connectivity index (χ2n) is 4.23. The fourth-order valence-corrected chi connectivity index (χ4v) is 1.66. The molecule has 1 aromatic heterocycles. The van der Waals surface area contributed by atoms with E-state index >= 15 is 0 Å². The molecule has 20 heavy (non-hydrogen) atoms. The zero-order valence-corrected chi connectivity index (χ0v) is 10.3. The number of rotatable bonds is 5. The molecule has 4 N–H and O–H groups in total. The molecule has 0 fully saturated rings. The van der Waals surface area contributed by atoms with Gasteiger partial charge >= 0.3 is 11.9 Å². The van der Waals surface area contributed by atoms with Crippen LogP contribution in [0.25, 0.3) is 11.3 Å². The lowest BCUT2D eigenvalue weighted by Crippen LogP contribution is -2.32. The number of nitrogens with zero attached hydrogens (tertiary/aromatic N) is 1. The first-order chi connectivity index (χ1) is 9.47.